The Morgan fingerprint density at radius 2 is 2.38 bits per heavy atom. The molecule has 0 spiro atoms. The van der Waals surface area contributed by atoms with Gasteiger partial charge in [-0.05, 0) is 25.1 Å². The second-order valence-corrected chi connectivity index (χ2v) is 3.83. The highest BCUT2D eigenvalue weighted by Gasteiger charge is 1.97. The number of nitrogens with zero attached hydrogens (tertiary/aromatic N) is 1. The molecule has 0 radical (unpaired) electrons. The average Bonchev–Trinajstić information content (AvgIpc) is 2.49. The predicted octanol–water partition coefficient (Wildman–Crippen LogP) is 3.24. The number of hydrogen-bond acceptors (Lipinski definition) is 3. The summed E-state index contributed by atoms with van der Waals surface area (Å²) < 4.78 is 1.22. The van der Waals surface area contributed by atoms with Gasteiger partial charge in [-0.1, -0.05) is 6.58 Å². The second kappa shape index (κ2) is 3.18. The molecule has 3 heteroatoms. The number of nitrogens with one attached hydrogen (secondary N) is 1. The molecule has 1 N–H and O–H groups in total. The zero-order valence-electron chi connectivity index (χ0n) is 7.37. The maximum Gasteiger partial charge on any atom is 0.0832 e. The van der Waals surface area contributed by atoms with Gasteiger partial charge >= 0.3 is 0 Å². The highest BCUT2D eigenvalue weighted by Crippen LogP contribution is 2.21. The predicted molar refractivity (Wildman–Crippen MR) is 58.1 cm³/mol. The Kier molecular flexibility index (Phi) is 2.02. The van der Waals surface area contributed by atoms with Crippen LogP contribution in [0.1, 0.15) is 6.92 Å². The van der Waals surface area contributed by atoms with Crippen molar-refractivity contribution < 1.29 is 0 Å². The van der Waals surface area contributed by atoms with Crippen molar-refractivity contribution in [1.82, 2.24) is 4.98 Å². The van der Waals surface area contributed by atoms with Crippen molar-refractivity contribution in [2.75, 3.05) is 5.32 Å². The van der Waals surface area contributed by atoms with E-state index in [1.54, 1.807) is 11.3 Å². The molecule has 1 aromatic carbocycles. The third-order valence-corrected chi connectivity index (χ3v) is 2.50. The topological polar surface area (TPSA) is 24.9 Å². The summed E-state index contributed by atoms with van der Waals surface area (Å²) in [7, 11) is 0. The van der Waals surface area contributed by atoms with Crippen molar-refractivity contribution in [3.05, 3.63) is 36.0 Å². The Hall–Kier alpha value is -1.35. The van der Waals surface area contributed by atoms with Crippen LogP contribution in [0, 0.1) is 0 Å². The largest absolute Gasteiger partial charge is 0.360 e. The van der Waals surface area contributed by atoms with Gasteiger partial charge in [-0.3, -0.25) is 0 Å². The second-order valence-electron chi connectivity index (χ2n) is 2.94. The van der Waals surface area contributed by atoms with E-state index in [-0.39, 0.29) is 0 Å². The van der Waals surface area contributed by atoms with Crippen LogP contribution in [-0.2, 0) is 0 Å². The van der Waals surface area contributed by atoms with E-state index in [0.29, 0.717) is 0 Å². The van der Waals surface area contributed by atoms with Crippen LogP contribution in [0.5, 0.6) is 0 Å². The summed E-state index contributed by atoms with van der Waals surface area (Å²) in [5.41, 5.74) is 4.88. The molecule has 13 heavy (non-hydrogen) atoms. The van der Waals surface area contributed by atoms with E-state index < -0.39 is 0 Å². The maximum atomic E-state index is 4.24. The Morgan fingerprint density at radius 1 is 1.54 bits per heavy atom. The molecule has 0 amide bonds. The number of fused-ring (bicyclic) bond motifs is 1. The first-order valence-electron chi connectivity index (χ1n) is 4.01. The molecule has 1 heterocycles. The van der Waals surface area contributed by atoms with E-state index in [1.165, 1.54) is 4.70 Å². The molecule has 0 aliphatic rings. The third kappa shape index (κ3) is 1.70. The first-order chi connectivity index (χ1) is 6.25. The highest BCUT2D eigenvalue weighted by atomic mass is 32.1. The molecule has 0 unspecified atom stereocenters. The number of thiazole rings is 1. The molecule has 0 saturated carbocycles. The number of benzene rings is 1. The minimum absolute atomic E-state index is 0.939. The minimum atomic E-state index is 0.939. The van der Waals surface area contributed by atoms with Crippen molar-refractivity contribution in [3.63, 3.8) is 0 Å². The van der Waals surface area contributed by atoms with E-state index >= 15 is 0 Å². The molecule has 0 aliphatic heterocycles. The van der Waals surface area contributed by atoms with Crippen LogP contribution in [-0.4, -0.2) is 4.98 Å². The van der Waals surface area contributed by atoms with Gasteiger partial charge in [0.2, 0.25) is 0 Å². The number of hydrogen-bond donors (Lipinski definition) is 1. The van der Waals surface area contributed by atoms with Crippen LogP contribution in [0.3, 0.4) is 0 Å². The van der Waals surface area contributed by atoms with Crippen molar-refractivity contribution in [2.24, 2.45) is 0 Å². The maximum absolute atomic E-state index is 4.24. The summed E-state index contributed by atoms with van der Waals surface area (Å²) in [6.45, 7) is 5.72. The lowest BCUT2D eigenvalue weighted by atomic mass is 10.3. The van der Waals surface area contributed by atoms with Crippen LogP contribution in [0.4, 0.5) is 5.69 Å². The highest BCUT2D eigenvalue weighted by molar-refractivity contribution is 7.16. The Balaban J connectivity index is 2.42. The van der Waals surface area contributed by atoms with E-state index in [2.05, 4.69) is 22.9 Å². The molecular formula is C10H10N2S. The molecule has 0 saturated heterocycles. The van der Waals surface area contributed by atoms with Crippen molar-refractivity contribution in [3.8, 4) is 0 Å². The quantitative estimate of drug-likeness (QED) is 0.786. The summed E-state index contributed by atoms with van der Waals surface area (Å²) in [6, 6.07) is 6.13. The Bertz CT molecular complexity index is 445. The standard InChI is InChI=1S/C10H10N2S/c1-7(2)12-8-3-4-10-9(5-8)11-6-13-10/h3-6,12H,1H2,2H3. The van der Waals surface area contributed by atoms with Crippen LogP contribution in [0.2, 0.25) is 0 Å². The molecule has 0 atom stereocenters. The van der Waals surface area contributed by atoms with Gasteiger partial charge in [0.15, 0.2) is 0 Å². The summed E-state index contributed by atoms with van der Waals surface area (Å²) in [6.07, 6.45) is 0. The third-order valence-electron chi connectivity index (χ3n) is 1.69. The van der Waals surface area contributed by atoms with Gasteiger partial charge in [0.1, 0.15) is 0 Å². The number of allylic oxidation sites excluding steroid dienone is 1. The lowest BCUT2D eigenvalue weighted by Gasteiger charge is -2.03. The molecule has 2 nitrogen and oxygen atoms in total. The smallest absolute Gasteiger partial charge is 0.0832 e. The summed E-state index contributed by atoms with van der Waals surface area (Å²) in [5.74, 6) is 0. The van der Waals surface area contributed by atoms with E-state index in [0.717, 1.165) is 16.9 Å². The molecule has 1 aromatic heterocycles. The summed E-state index contributed by atoms with van der Waals surface area (Å²) in [4.78, 5) is 4.24. The molecule has 0 bridgehead atoms. The van der Waals surface area contributed by atoms with Gasteiger partial charge in [0.05, 0.1) is 15.7 Å². The number of aromatic nitrogens is 1. The van der Waals surface area contributed by atoms with E-state index in [4.69, 9.17) is 0 Å². The summed E-state index contributed by atoms with van der Waals surface area (Å²) in [5, 5.41) is 3.16. The lowest BCUT2D eigenvalue weighted by Crippen LogP contribution is -1.92. The normalized spacial score (nSPS) is 10.2. The van der Waals surface area contributed by atoms with Crippen LogP contribution >= 0.6 is 11.3 Å². The zero-order chi connectivity index (χ0) is 9.26. The van der Waals surface area contributed by atoms with Gasteiger partial charge in [-0.25, -0.2) is 4.98 Å². The van der Waals surface area contributed by atoms with Crippen molar-refractivity contribution in [2.45, 2.75) is 6.92 Å². The van der Waals surface area contributed by atoms with E-state index in [1.807, 2.05) is 24.6 Å². The number of anilines is 1. The molecular weight excluding hydrogens is 180 g/mol. The SMILES string of the molecule is C=C(C)Nc1ccc2scnc2c1. The monoisotopic (exact) mass is 190 g/mol. The van der Waals surface area contributed by atoms with Gasteiger partial charge in [-0.2, -0.15) is 0 Å². The van der Waals surface area contributed by atoms with Gasteiger partial charge in [0, 0.05) is 11.4 Å². The minimum Gasteiger partial charge on any atom is -0.360 e. The molecule has 0 fully saturated rings. The van der Waals surface area contributed by atoms with Crippen molar-refractivity contribution >= 4 is 27.2 Å². The molecule has 2 rings (SSSR count). The number of rotatable bonds is 2. The average molecular weight is 190 g/mol. The fourth-order valence-corrected chi connectivity index (χ4v) is 1.84. The fourth-order valence-electron chi connectivity index (χ4n) is 1.18. The first kappa shape index (κ1) is 8.26. The summed E-state index contributed by atoms with van der Waals surface area (Å²) >= 11 is 1.65. The molecule has 0 aliphatic carbocycles. The van der Waals surface area contributed by atoms with Crippen LogP contribution < -0.4 is 5.32 Å². The van der Waals surface area contributed by atoms with Gasteiger partial charge < -0.3 is 5.32 Å². The van der Waals surface area contributed by atoms with Crippen LogP contribution in [0.25, 0.3) is 10.2 Å². The zero-order valence-corrected chi connectivity index (χ0v) is 8.19. The van der Waals surface area contributed by atoms with Crippen LogP contribution in [0.15, 0.2) is 36.0 Å². The van der Waals surface area contributed by atoms with Gasteiger partial charge in [-0.15, -0.1) is 11.3 Å². The molecule has 2 aromatic rings. The molecule has 66 valence electrons. The first-order valence-corrected chi connectivity index (χ1v) is 4.89. The fraction of sp³-hybridized carbons (Fsp3) is 0.100. The van der Waals surface area contributed by atoms with E-state index in [9.17, 15) is 0 Å². The Labute approximate surface area is 80.9 Å². The Morgan fingerprint density at radius 3 is 3.15 bits per heavy atom. The lowest BCUT2D eigenvalue weighted by molar-refractivity contribution is 1.40. The van der Waals surface area contributed by atoms with Crippen molar-refractivity contribution in [1.29, 1.82) is 0 Å². The van der Waals surface area contributed by atoms with Gasteiger partial charge in [0.25, 0.3) is 0 Å².